The van der Waals surface area contributed by atoms with Crippen LogP contribution in [0.15, 0.2) is 18.2 Å². The number of hydrogen-bond acceptors (Lipinski definition) is 2. The number of aryl methyl sites for hydroxylation is 1. The van der Waals surface area contributed by atoms with Gasteiger partial charge < -0.3 is 5.11 Å². The third-order valence-electron chi connectivity index (χ3n) is 3.15. The fourth-order valence-corrected chi connectivity index (χ4v) is 2.14. The molecule has 0 aliphatic carbocycles. The van der Waals surface area contributed by atoms with Crippen LogP contribution in [0.3, 0.4) is 0 Å². The van der Waals surface area contributed by atoms with E-state index in [0.29, 0.717) is 23.6 Å². The Hall–Kier alpha value is -1.83. The lowest BCUT2D eigenvalue weighted by Gasteiger charge is -2.07. The Kier molecular flexibility index (Phi) is 5.00. The molecule has 0 spiro atoms. The molecule has 5 heteroatoms. The monoisotopic (exact) mass is 306 g/mol. The summed E-state index contributed by atoms with van der Waals surface area (Å²) in [5, 5.41) is 13.8. The number of rotatable bonds is 3. The van der Waals surface area contributed by atoms with Crippen LogP contribution in [0.1, 0.15) is 28.9 Å². The first-order valence-electron chi connectivity index (χ1n) is 6.60. The lowest BCUT2D eigenvalue weighted by atomic mass is 10.1. The summed E-state index contributed by atoms with van der Waals surface area (Å²) >= 11 is 6.13. The van der Waals surface area contributed by atoms with E-state index in [1.54, 1.807) is 10.7 Å². The SMILES string of the molecule is Cc1nn(Cc2ccc(F)cc2C#CCCO)c(C)c1Cl. The van der Waals surface area contributed by atoms with Crippen LogP contribution >= 0.6 is 11.6 Å². The molecule has 1 N–H and O–H groups in total. The van der Waals surface area contributed by atoms with Gasteiger partial charge in [0.1, 0.15) is 5.82 Å². The van der Waals surface area contributed by atoms with E-state index in [2.05, 4.69) is 16.9 Å². The van der Waals surface area contributed by atoms with E-state index in [1.807, 2.05) is 13.8 Å². The Balaban J connectivity index is 2.35. The van der Waals surface area contributed by atoms with Gasteiger partial charge in [0.2, 0.25) is 0 Å². The van der Waals surface area contributed by atoms with Gasteiger partial charge in [0.05, 0.1) is 29.6 Å². The molecule has 0 fully saturated rings. The maximum Gasteiger partial charge on any atom is 0.124 e. The smallest absolute Gasteiger partial charge is 0.124 e. The van der Waals surface area contributed by atoms with Crippen molar-refractivity contribution in [3.8, 4) is 11.8 Å². The topological polar surface area (TPSA) is 38.0 Å². The Labute approximate surface area is 128 Å². The molecule has 0 saturated carbocycles. The minimum Gasteiger partial charge on any atom is -0.395 e. The van der Waals surface area contributed by atoms with Crippen LogP contribution in [0.5, 0.6) is 0 Å². The normalized spacial score (nSPS) is 10.3. The molecular weight excluding hydrogens is 291 g/mol. The van der Waals surface area contributed by atoms with Crippen molar-refractivity contribution in [3.63, 3.8) is 0 Å². The summed E-state index contributed by atoms with van der Waals surface area (Å²) in [5.41, 5.74) is 3.10. The summed E-state index contributed by atoms with van der Waals surface area (Å²) in [5.74, 6) is 5.37. The molecule has 2 rings (SSSR count). The summed E-state index contributed by atoms with van der Waals surface area (Å²) in [4.78, 5) is 0. The van der Waals surface area contributed by atoms with Crippen molar-refractivity contribution in [1.82, 2.24) is 9.78 Å². The molecule has 1 heterocycles. The van der Waals surface area contributed by atoms with Crippen LogP contribution in [0.4, 0.5) is 4.39 Å². The van der Waals surface area contributed by atoms with Gasteiger partial charge in [-0.25, -0.2) is 4.39 Å². The molecule has 0 aliphatic rings. The van der Waals surface area contributed by atoms with Gasteiger partial charge in [-0.2, -0.15) is 5.10 Å². The zero-order valence-electron chi connectivity index (χ0n) is 12.0. The Morgan fingerprint density at radius 2 is 2.14 bits per heavy atom. The third kappa shape index (κ3) is 3.63. The summed E-state index contributed by atoms with van der Waals surface area (Å²) in [6.07, 6.45) is 0.363. The molecular formula is C16H16ClFN2O. The molecule has 110 valence electrons. The van der Waals surface area contributed by atoms with Crippen LogP contribution in [0.25, 0.3) is 0 Å². The zero-order valence-corrected chi connectivity index (χ0v) is 12.7. The summed E-state index contributed by atoms with van der Waals surface area (Å²) in [7, 11) is 0. The van der Waals surface area contributed by atoms with E-state index < -0.39 is 0 Å². The molecule has 21 heavy (non-hydrogen) atoms. The highest BCUT2D eigenvalue weighted by Gasteiger charge is 2.11. The van der Waals surface area contributed by atoms with E-state index in [1.165, 1.54) is 12.1 Å². The number of halogens is 2. The van der Waals surface area contributed by atoms with E-state index in [-0.39, 0.29) is 12.4 Å². The van der Waals surface area contributed by atoms with Gasteiger partial charge in [-0.15, -0.1) is 0 Å². The molecule has 0 aliphatic heterocycles. The maximum absolute atomic E-state index is 13.4. The minimum absolute atomic E-state index is 0.00921. The van der Waals surface area contributed by atoms with Gasteiger partial charge in [-0.3, -0.25) is 4.68 Å². The summed E-state index contributed by atoms with van der Waals surface area (Å²) in [6, 6.07) is 4.50. The van der Waals surface area contributed by atoms with Crippen LogP contribution < -0.4 is 0 Å². The molecule has 0 atom stereocenters. The highest BCUT2D eigenvalue weighted by Crippen LogP contribution is 2.21. The second kappa shape index (κ2) is 6.75. The average Bonchev–Trinajstić information content (AvgIpc) is 2.69. The number of benzene rings is 1. The number of hydrogen-bond donors (Lipinski definition) is 1. The summed E-state index contributed by atoms with van der Waals surface area (Å²) < 4.78 is 15.2. The minimum atomic E-state index is -0.335. The van der Waals surface area contributed by atoms with Gasteiger partial charge in [0, 0.05) is 12.0 Å². The fourth-order valence-electron chi connectivity index (χ4n) is 2.01. The Morgan fingerprint density at radius 3 is 2.76 bits per heavy atom. The number of aromatic nitrogens is 2. The van der Waals surface area contributed by atoms with Crippen molar-refractivity contribution in [2.75, 3.05) is 6.61 Å². The van der Waals surface area contributed by atoms with Crippen LogP contribution in [-0.2, 0) is 6.54 Å². The van der Waals surface area contributed by atoms with Crippen LogP contribution in [0.2, 0.25) is 5.02 Å². The van der Waals surface area contributed by atoms with Crippen molar-refractivity contribution in [1.29, 1.82) is 0 Å². The van der Waals surface area contributed by atoms with Gasteiger partial charge in [-0.05, 0) is 31.5 Å². The molecule has 2 aromatic rings. The molecule has 1 aromatic heterocycles. The highest BCUT2D eigenvalue weighted by molar-refractivity contribution is 6.31. The van der Waals surface area contributed by atoms with Gasteiger partial charge >= 0.3 is 0 Å². The number of nitrogens with zero attached hydrogens (tertiary/aromatic N) is 2. The lowest BCUT2D eigenvalue weighted by molar-refractivity contribution is 0.305. The molecule has 0 bridgehead atoms. The second-order valence-electron chi connectivity index (χ2n) is 4.72. The number of aliphatic hydroxyl groups excluding tert-OH is 1. The van der Waals surface area contributed by atoms with E-state index in [4.69, 9.17) is 16.7 Å². The van der Waals surface area contributed by atoms with E-state index >= 15 is 0 Å². The lowest BCUT2D eigenvalue weighted by Crippen LogP contribution is -2.06. The van der Waals surface area contributed by atoms with Crippen LogP contribution in [-0.4, -0.2) is 21.5 Å². The molecule has 3 nitrogen and oxygen atoms in total. The zero-order chi connectivity index (χ0) is 15.4. The first-order valence-corrected chi connectivity index (χ1v) is 6.98. The number of aliphatic hydroxyl groups is 1. The first-order chi connectivity index (χ1) is 10.0. The van der Waals surface area contributed by atoms with Crippen molar-refractivity contribution < 1.29 is 9.50 Å². The van der Waals surface area contributed by atoms with Crippen molar-refractivity contribution >= 4 is 11.6 Å². The summed E-state index contributed by atoms with van der Waals surface area (Å²) in [6.45, 7) is 4.20. The fraction of sp³-hybridized carbons (Fsp3) is 0.312. The van der Waals surface area contributed by atoms with Crippen molar-refractivity contribution in [2.45, 2.75) is 26.8 Å². The van der Waals surface area contributed by atoms with E-state index in [0.717, 1.165) is 17.0 Å². The Bertz CT molecular complexity index is 713. The second-order valence-corrected chi connectivity index (χ2v) is 5.10. The van der Waals surface area contributed by atoms with Gasteiger partial charge in [0.25, 0.3) is 0 Å². The predicted molar refractivity (Wildman–Crippen MR) is 80.8 cm³/mol. The van der Waals surface area contributed by atoms with E-state index in [9.17, 15) is 4.39 Å². The molecule has 0 saturated heterocycles. The molecule has 0 radical (unpaired) electrons. The van der Waals surface area contributed by atoms with Crippen LogP contribution in [0, 0.1) is 31.5 Å². The first kappa shape index (κ1) is 15.6. The quantitative estimate of drug-likeness (QED) is 0.885. The van der Waals surface area contributed by atoms with Crippen molar-refractivity contribution in [2.24, 2.45) is 0 Å². The molecule has 1 aromatic carbocycles. The largest absolute Gasteiger partial charge is 0.395 e. The van der Waals surface area contributed by atoms with Crippen molar-refractivity contribution in [3.05, 3.63) is 51.6 Å². The standard InChI is InChI=1S/C16H16ClFN2O/c1-11-16(17)12(2)20(19-11)10-14-6-7-15(18)9-13(14)5-3-4-8-21/h6-7,9,21H,4,8,10H2,1-2H3. The third-order valence-corrected chi connectivity index (χ3v) is 3.69. The van der Waals surface area contributed by atoms with Gasteiger partial charge in [-0.1, -0.05) is 29.5 Å². The predicted octanol–water partition coefficient (Wildman–Crippen LogP) is 3.07. The Morgan fingerprint density at radius 1 is 1.38 bits per heavy atom. The molecule has 0 amide bonds. The highest BCUT2D eigenvalue weighted by atomic mass is 35.5. The molecule has 0 unspecified atom stereocenters. The van der Waals surface area contributed by atoms with Gasteiger partial charge in [0.15, 0.2) is 0 Å². The maximum atomic E-state index is 13.4. The average molecular weight is 307 g/mol.